The van der Waals surface area contributed by atoms with Crippen LogP contribution in [0.1, 0.15) is 29.5 Å². The highest BCUT2D eigenvalue weighted by atomic mass is 16.1. The van der Waals surface area contributed by atoms with Crippen LogP contribution < -0.4 is 10.6 Å². The van der Waals surface area contributed by atoms with Crippen LogP contribution in [0.4, 0.5) is 5.69 Å². The zero-order chi connectivity index (χ0) is 16.5. The van der Waals surface area contributed by atoms with Crippen molar-refractivity contribution in [2.45, 2.75) is 33.1 Å². The van der Waals surface area contributed by atoms with Crippen molar-refractivity contribution in [3.8, 4) is 0 Å². The van der Waals surface area contributed by atoms with E-state index in [2.05, 4.69) is 42.7 Å². The number of benzene rings is 2. The van der Waals surface area contributed by atoms with Crippen LogP contribution in [0, 0.1) is 13.8 Å². The van der Waals surface area contributed by atoms with Gasteiger partial charge in [0.2, 0.25) is 5.91 Å². The fourth-order valence-corrected chi connectivity index (χ4v) is 2.57. The van der Waals surface area contributed by atoms with Crippen molar-refractivity contribution < 1.29 is 4.79 Å². The number of aryl methyl sites for hydroxylation is 3. The zero-order valence-corrected chi connectivity index (χ0v) is 14.1. The van der Waals surface area contributed by atoms with Crippen LogP contribution in [0.25, 0.3) is 0 Å². The molecule has 0 spiro atoms. The lowest BCUT2D eigenvalue weighted by atomic mass is 10.0. The van der Waals surface area contributed by atoms with E-state index in [0.29, 0.717) is 13.0 Å². The molecule has 122 valence electrons. The van der Waals surface area contributed by atoms with Gasteiger partial charge in [-0.05, 0) is 49.9 Å². The third-order valence-corrected chi connectivity index (χ3v) is 3.90. The molecule has 0 fully saturated rings. The topological polar surface area (TPSA) is 41.1 Å². The Hall–Kier alpha value is -2.29. The number of carbonyl (C=O) groups is 1. The maximum atomic E-state index is 11.9. The number of hydrogen-bond donors (Lipinski definition) is 2. The molecule has 0 saturated heterocycles. The van der Waals surface area contributed by atoms with Crippen molar-refractivity contribution >= 4 is 11.6 Å². The number of carbonyl (C=O) groups excluding carboxylic acids is 1. The van der Waals surface area contributed by atoms with Gasteiger partial charge in [0.1, 0.15) is 0 Å². The number of anilines is 1. The number of nitrogens with one attached hydrogen (secondary N) is 2. The first-order chi connectivity index (χ1) is 11.1. The lowest BCUT2D eigenvalue weighted by Gasteiger charge is -2.09. The minimum atomic E-state index is 0.129. The number of para-hydroxylation sites is 1. The predicted octanol–water partition coefficient (Wildman–Crippen LogP) is 3.85. The minimum Gasteiger partial charge on any atom is -0.385 e. The third-order valence-electron chi connectivity index (χ3n) is 3.90. The summed E-state index contributed by atoms with van der Waals surface area (Å²) >= 11 is 0. The molecule has 0 aliphatic heterocycles. The van der Waals surface area contributed by atoms with Crippen LogP contribution in [0.2, 0.25) is 0 Å². The first-order valence-electron chi connectivity index (χ1n) is 8.27. The van der Waals surface area contributed by atoms with Crippen LogP contribution >= 0.6 is 0 Å². The second-order valence-electron chi connectivity index (χ2n) is 5.93. The van der Waals surface area contributed by atoms with Crippen molar-refractivity contribution in [3.63, 3.8) is 0 Å². The molecule has 0 atom stereocenters. The molecule has 0 saturated carbocycles. The smallest absolute Gasteiger partial charge is 0.220 e. The third kappa shape index (κ3) is 6.15. The van der Waals surface area contributed by atoms with E-state index >= 15 is 0 Å². The van der Waals surface area contributed by atoms with Gasteiger partial charge in [0.15, 0.2) is 0 Å². The minimum absolute atomic E-state index is 0.129. The summed E-state index contributed by atoms with van der Waals surface area (Å²) in [6.07, 6.45) is 2.28. The van der Waals surface area contributed by atoms with Gasteiger partial charge in [-0.25, -0.2) is 0 Å². The summed E-state index contributed by atoms with van der Waals surface area (Å²) in [6.45, 7) is 5.77. The Morgan fingerprint density at radius 2 is 1.78 bits per heavy atom. The van der Waals surface area contributed by atoms with E-state index in [1.54, 1.807) is 0 Å². The molecule has 2 rings (SSSR count). The normalized spacial score (nSPS) is 10.3. The second-order valence-corrected chi connectivity index (χ2v) is 5.93. The molecular formula is C20H26N2O. The van der Waals surface area contributed by atoms with E-state index < -0.39 is 0 Å². The van der Waals surface area contributed by atoms with Gasteiger partial charge in [0.05, 0.1) is 0 Å². The average Bonchev–Trinajstić information content (AvgIpc) is 2.54. The Kier molecular flexibility index (Phi) is 6.67. The first kappa shape index (κ1) is 17.1. The van der Waals surface area contributed by atoms with Crippen molar-refractivity contribution in [2.24, 2.45) is 0 Å². The van der Waals surface area contributed by atoms with Gasteiger partial charge >= 0.3 is 0 Å². The molecule has 2 N–H and O–H groups in total. The Labute approximate surface area is 139 Å². The lowest BCUT2D eigenvalue weighted by Crippen LogP contribution is -2.26. The molecular weight excluding hydrogens is 284 g/mol. The summed E-state index contributed by atoms with van der Waals surface area (Å²) in [4.78, 5) is 11.9. The molecule has 23 heavy (non-hydrogen) atoms. The molecule has 2 aromatic rings. The van der Waals surface area contributed by atoms with Gasteiger partial charge in [-0.1, -0.05) is 42.0 Å². The van der Waals surface area contributed by atoms with Crippen LogP contribution in [0.3, 0.4) is 0 Å². The standard InChI is InChI=1S/C20H26N2O/c1-16-9-10-18(17(2)15-16)11-12-20(23)22-14-6-13-21-19-7-4-3-5-8-19/h3-5,7-10,15,21H,6,11-14H2,1-2H3,(H,22,23). The lowest BCUT2D eigenvalue weighted by molar-refractivity contribution is -0.121. The summed E-state index contributed by atoms with van der Waals surface area (Å²) in [6, 6.07) is 16.5. The average molecular weight is 310 g/mol. The van der Waals surface area contributed by atoms with E-state index in [-0.39, 0.29) is 5.91 Å². The van der Waals surface area contributed by atoms with Gasteiger partial charge < -0.3 is 10.6 Å². The van der Waals surface area contributed by atoms with Crippen LogP contribution in [-0.2, 0) is 11.2 Å². The van der Waals surface area contributed by atoms with Crippen LogP contribution in [0.15, 0.2) is 48.5 Å². The molecule has 3 nitrogen and oxygen atoms in total. The Morgan fingerprint density at radius 1 is 1.00 bits per heavy atom. The van der Waals surface area contributed by atoms with Gasteiger partial charge in [-0.2, -0.15) is 0 Å². The molecule has 1 amide bonds. The van der Waals surface area contributed by atoms with E-state index in [9.17, 15) is 4.79 Å². The SMILES string of the molecule is Cc1ccc(CCC(=O)NCCCNc2ccccc2)c(C)c1. The molecule has 0 aliphatic carbocycles. The molecule has 0 aromatic heterocycles. The van der Waals surface area contributed by atoms with Gasteiger partial charge in [0, 0.05) is 25.2 Å². The first-order valence-corrected chi connectivity index (χ1v) is 8.27. The number of amides is 1. The largest absolute Gasteiger partial charge is 0.385 e. The van der Waals surface area contributed by atoms with Crippen molar-refractivity contribution in [1.82, 2.24) is 5.32 Å². The van der Waals surface area contributed by atoms with E-state index in [0.717, 1.165) is 25.1 Å². The van der Waals surface area contributed by atoms with E-state index in [1.807, 2.05) is 30.3 Å². The molecule has 0 unspecified atom stereocenters. The zero-order valence-electron chi connectivity index (χ0n) is 14.1. The van der Waals surface area contributed by atoms with Crippen molar-refractivity contribution in [1.29, 1.82) is 0 Å². The highest BCUT2D eigenvalue weighted by Gasteiger charge is 2.04. The Morgan fingerprint density at radius 3 is 2.52 bits per heavy atom. The monoisotopic (exact) mass is 310 g/mol. The fraction of sp³-hybridized carbons (Fsp3) is 0.350. The fourth-order valence-electron chi connectivity index (χ4n) is 2.57. The number of rotatable bonds is 8. The molecule has 0 aliphatic rings. The maximum Gasteiger partial charge on any atom is 0.220 e. The highest BCUT2D eigenvalue weighted by Crippen LogP contribution is 2.12. The Balaban J connectivity index is 1.60. The van der Waals surface area contributed by atoms with Gasteiger partial charge in [0.25, 0.3) is 0 Å². The summed E-state index contributed by atoms with van der Waals surface area (Å²) in [5.74, 6) is 0.129. The quantitative estimate of drug-likeness (QED) is 0.727. The summed E-state index contributed by atoms with van der Waals surface area (Å²) in [7, 11) is 0. The second kappa shape index (κ2) is 8.99. The predicted molar refractivity (Wildman–Crippen MR) is 96.8 cm³/mol. The van der Waals surface area contributed by atoms with Gasteiger partial charge in [-0.15, -0.1) is 0 Å². The van der Waals surface area contributed by atoms with E-state index in [4.69, 9.17) is 0 Å². The summed E-state index contributed by atoms with van der Waals surface area (Å²) < 4.78 is 0. The van der Waals surface area contributed by atoms with Gasteiger partial charge in [-0.3, -0.25) is 4.79 Å². The van der Waals surface area contributed by atoms with Crippen LogP contribution in [-0.4, -0.2) is 19.0 Å². The van der Waals surface area contributed by atoms with Crippen LogP contribution in [0.5, 0.6) is 0 Å². The van der Waals surface area contributed by atoms with E-state index in [1.165, 1.54) is 16.7 Å². The summed E-state index contributed by atoms with van der Waals surface area (Å²) in [5.41, 5.74) is 4.91. The molecule has 2 aromatic carbocycles. The molecule has 3 heteroatoms. The number of hydrogen-bond acceptors (Lipinski definition) is 2. The van der Waals surface area contributed by atoms with Crippen molar-refractivity contribution in [2.75, 3.05) is 18.4 Å². The molecule has 0 heterocycles. The summed E-state index contributed by atoms with van der Waals surface area (Å²) in [5, 5.41) is 6.33. The highest BCUT2D eigenvalue weighted by molar-refractivity contribution is 5.76. The Bertz CT molecular complexity index is 623. The molecule has 0 radical (unpaired) electrons. The maximum absolute atomic E-state index is 11.9. The molecule has 0 bridgehead atoms. The van der Waals surface area contributed by atoms with Crippen molar-refractivity contribution in [3.05, 3.63) is 65.2 Å².